The number of hydrogen-bond acceptors (Lipinski definition) is 4. The van der Waals surface area contributed by atoms with E-state index >= 15 is 0 Å². The van der Waals surface area contributed by atoms with Crippen LogP contribution in [0.4, 0.5) is 8.78 Å². The van der Waals surface area contributed by atoms with E-state index in [1.54, 1.807) is 0 Å². The smallest absolute Gasteiger partial charge is 0.195 e. The standard InChI is InChI=1S/C8H7F2N5/c9-5-2-1-4(3-6(5)10)7(11)8-12-14-15-13-8/h1-3,7H,11H2,(H,12,13,14,15)/t7-/m0/s1. The average Bonchev–Trinajstić information content (AvgIpc) is 2.74. The minimum absolute atomic E-state index is 0.223. The SMILES string of the molecule is N[C@@H](c1ccc(F)c(F)c1)c1nn[nH]n1. The van der Waals surface area contributed by atoms with Gasteiger partial charge in [0.25, 0.3) is 0 Å². The maximum absolute atomic E-state index is 12.9. The van der Waals surface area contributed by atoms with Gasteiger partial charge in [-0.1, -0.05) is 11.3 Å². The van der Waals surface area contributed by atoms with E-state index in [4.69, 9.17) is 5.73 Å². The van der Waals surface area contributed by atoms with Crippen LogP contribution in [0.3, 0.4) is 0 Å². The van der Waals surface area contributed by atoms with Crippen molar-refractivity contribution in [2.24, 2.45) is 5.73 Å². The third kappa shape index (κ3) is 1.82. The maximum atomic E-state index is 12.9. The highest BCUT2D eigenvalue weighted by molar-refractivity contribution is 5.24. The lowest BCUT2D eigenvalue weighted by Crippen LogP contribution is -2.14. The first-order valence-corrected chi connectivity index (χ1v) is 4.12. The Bertz CT molecular complexity index is 456. The van der Waals surface area contributed by atoms with Crippen molar-refractivity contribution in [3.8, 4) is 0 Å². The number of H-pyrrole nitrogens is 1. The molecule has 0 unspecified atom stereocenters. The van der Waals surface area contributed by atoms with Gasteiger partial charge in [0.15, 0.2) is 17.5 Å². The lowest BCUT2D eigenvalue weighted by Gasteiger charge is -2.07. The summed E-state index contributed by atoms with van der Waals surface area (Å²) in [5, 5.41) is 12.9. The van der Waals surface area contributed by atoms with Crippen molar-refractivity contribution in [1.29, 1.82) is 0 Å². The van der Waals surface area contributed by atoms with Gasteiger partial charge in [-0.2, -0.15) is 5.21 Å². The fraction of sp³-hybridized carbons (Fsp3) is 0.125. The molecule has 0 spiro atoms. The quantitative estimate of drug-likeness (QED) is 0.759. The van der Waals surface area contributed by atoms with E-state index in [2.05, 4.69) is 20.6 Å². The van der Waals surface area contributed by atoms with Gasteiger partial charge in [-0.25, -0.2) is 8.78 Å². The molecule has 5 nitrogen and oxygen atoms in total. The molecule has 1 atom stereocenters. The molecule has 0 aliphatic carbocycles. The van der Waals surface area contributed by atoms with Crippen LogP contribution in [0.1, 0.15) is 17.4 Å². The predicted octanol–water partition coefficient (Wildman–Crippen LogP) is 0.526. The highest BCUT2D eigenvalue weighted by Gasteiger charge is 2.15. The van der Waals surface area contributed by atoms with Crippen LogP contribution < -0.4 is 5.73 Å². The number of rotatable bonds is 2. The molecule has 2 rings (SSSR count). The van der Waals surface area contributed by atoms with E-state index in [1.807, 2.05) is 0 Å². The largest absolute Gasteiger partial charge is 0.318 e. The average molecular weight is 211 g/mol. The van der Waals surface area contributed by atoms with E-state index in [0.717, 1.165) is 12.1 Å². The number of aromatic nitrogens is 4. The molecule has 0 saturated carbocycles. The third-order valence-electron chi connectivity index (χ3n) is 1.94. The number of nitrogens with two attached hydrogens (primary N) is 1. The zero-order chi connectivity index (χ0) is 10.8. The maximum Gasteiger partial charge on any atom is 0.195 e. The molecule has 0 radical (unpaired) electrons. The zero-order valence-corrected chi connectivity index (χ0v) is 7.48. The molecular formula is C8H7F2N5. The molecule has 0 aliphatic rings. The summed E-state index contributed by atoms with van der Waals surface area (Å²) < 4.78 is 25.5. The van der Waals surface area contributed by atoms with Gasteiger partial charge >= 0.3 is 0 Å². The Morgan fingerprint density at radius 1 is 1.27 bits per heavy atom. The summed E-state index contributed by atoms with van der Waals surface area (Å²) in [4.78, 5) is 0. The van der Waals surface area contributed by atoms with Crippen molar-refractivity contribution in [2.75, 3.05) is 0 Å². The van der Waals surface area contributed by atoms with E-state index in [9.17, 15) is 8.78 Å². The van der Waals surface area contributed by atoms with Crippen molar-refractivity contribution in [1.82, 2.24) is 20.6 Å². The molecule has 0 amide bonds. The molecule has 2 aromatic rings. The van der Waals surface area contributed by atoms with Gasteiger partial charge in [-0.3, -0.25) is 0 Å². The van der Waals surface area contributed by atoms with Crippen LogP contribution >= 0.6 is 0 Å². The van der Waals surface area contributed by atoms with E-state index in [1.165, 1.54) is 6.07 Å². The van der Waals surface area contributed by atoms with Crippen LogP contribution in [0.2, 0.25) is 0 Å². The van der Waals surface area contributed by atoms with Gasteiger partial charge < -0.3 is 5.73 Å². The highest BCUT2D eigenvalue weighted by atomic mass is 19.2. The summed E-state index contributed by atoms with van der Waals surface area (Å²) in [7, 11) is 0. The van der Waals surface area contributed by atoms with Crippen molar-refractivity contribution < 1.29 is 8.78 Å². The van der Waals surface area contributed by atoms with Crippen LogP contribution in [0, 0.1) is 11.6 Å². The number of halogens is 2. The van der Waals surface area contributed by atoms with Gasteiger partial charge in [0.1, 0.15) is 0 Å². The molecule has 1 heterocycles. The summed E-state index contributed by atoms with van der Waals surface area (Å²) in [6.07, 6.45) is 0. The van der Waals surface area contributed by atoms with Crippen LogP contribution in [0.15, 0.2) is 18.2 Å². The Labute approximate surface area is 83.3 Å². The van der Waals surface area contributed by atoms with Crippen LogP contribution in [0.5, 0.6) is 0 Å². The van der Waals surface area contributed by atoms with E-state index < -0.39 is 17.7 Å². The molecule has 78 valence electrons. The molecule has 0 bridgehead atoms. The minimum atomic E-state index is -0.952. The Hall–Kier alpha value is -1.89. The molecule has 1 aromatic heterocycles. The van der Waals surface area contributed by atoms with Crippen molar-refractivity contribution in [2.45, 2.75) is 6.04 Å². The van der Waals surface area contributed by atoms with Gasteiger partial charge in [0, 0.05) is 0 Å². The predicted molar refractivity (Wildman–Crippen MR) is 46.6 cm³/mol. The van der Waals surface area contributed by atoms with Crippen molar-refractivity contribution in [3.63, 3.8) is 0 Å². The Balaban J connectivity index is 2.34. The number of aromatic amines is 1. The Morgan fingerprint density at radius 3 is 2.67 bits per heavy atom. The van der Waals surface area contributed by atoms with Gasteiger partial charge in [0.05, 0.1) is 6.04 Å². The van der Waals surface area contributed by atoms with Crippen molar-refractivity contribution >= 4 is 0 Å². The van der Waals surface area contributed by atoms with Crippen molar-refractivity contribution in [3.05, 3.63) is 41.2 Å². The Kier molecular flexibility index (Phi) is 2.38. The number of tetrazole rings is 1. The van der Waals surface area contributed by atoms with Crippen LogP contribution in [-0.2, 0) is 0 Å². The van der Waals surface area contributed by atoms with Gasteiger partial charge in [-0.05, 0) is 17.7 Å². The number of hydrogen-bond donors (Lipinski definition) is 2. The lowest BCUT2D eigenvalue weighted by molar-refractivity contribution is 0.506. The highest BCUT2D eigenvalue weighted by Crippen LogP contribution is 2.17. The number of benzene rings is 1. The second-order valence-electron chi connectivity index (χ2n) is 2.92. The molecule has 7 heteroatoms. The molecule has 15 heavy (non-hydrogen) atoms. The molecule has 3 N–H and O–H groups in total. The van der Waals surface area contributed by atoms with Crippen LogP contribution in [-0.4, -0.2) is 20.6 Å². The van der Waals surface area contributed by atoms with Gasteiger partial charge in [0.2, 0.25) is 0 Å². The molecular weight excluding hydrogens is 204 g/mol. The monoisotopic (exact) mass is 211 g/mol. The topological polar surface area (TPSA) is 80.5 Å². The lowest BCUT2D eigenvalue weighted by atomic mass is 10.1. The fourth-order valence-electron chi connectivity index (χ4n) is 1.16. The molecule has 1 aromatic carbocycles. The zero-order valence-electron chi connectivity index (χ0n) is 7.48. The summed E-state index contributed by atoms with van der Waals surface area (Å²) in [6.45, 7) is 0. The molecule has 0 saturated heterocycles. The summed E-state index contributed by atoms with van der Waals surface area (Å²) in [6, 6.07) is 2.67. The first-order valence-electron chi connectivity index (χ1n) is 4.12. The first-order chi connectivity index (χ1) is 7.18. The number of nitrogens with one attached hydrogen (secondary N) is 1. The normalized spacial score (nSPS) is 12.7. The van der Waals surface area contributed by atoms with Crippen LogP contribution in [0.25, 0.3) is 0 Å². The second kappa shape index (κ2) is 3.70. The number of nitrogens with zero attached hydrogens (tertiary/aromatic N) is 3. The third-order valence-corrected chi connectivity index (χ3v) is 1.94. The summed E-state index contributed by atoms with van der Waals surface area (Å²) >= 11 is 0. The summed E-state index contributed by atoms with van der Waals surface area (Å²) in [5.74, 6) is -1.65. The fourth-order valence-corrected chi connectivity index (χ4v) is 1.16. The van der Waals surface area contributed by atoms with E-state index in [0.29, 0.717) is 5.56 Å². The Morgan fingerprint density at radius 2 is 2.07 bits per heavy atom. The first kappa shape index (κ1) is 9.66. The molecule has 0 aliphatic heterocycles. The van der Waals surface area contributed by atoms with E-state index in [-0.39, 0.29) is 5.82 Å². The van der Waals surface area contributed by atoms with Gasteiger partial charge in [-0.15, -0.1) is 10.2 Å². The minimum Gasteiger partial charge on any atom is -0.318 e. The summed E-state index contributed by atoms with van der Waals surface area (Å²) in [5.41, 5.74) is 6.09. The second-order valence-corrected chi connectivity index (χ2v) is 2.92. The molecule has 0 fully saturated rings.